The zero-order valence-corrected chi connectivity index (χ0v) is 10.1. The van der Waals surface area contributed by atoms with Gasteiger partial charge in [-0.3, -0.25) is 10.1 Å². The molecule has 0 spiro atoms. The summed E-state index contributed by atoms with van der Waals surface area (Å²) in [4.78, 5) is 11.0. The summed E-state index contributed by atoms with van der Waals surface area (Å²) in [7, 11) is 0. The molecule has 0 bridgehead atoms. The number of carbonyl (C=O) groups is 1. The molecule has 2 rings (SSSR count). The molecular weight excluding hydrogens is 214 g/mol. The number of aliphatic carboxylic acids is 1. The van der Waals surface area contributed by atoms with Crippen LogP contribution in [0.25, 0.3) is 0 Å². The average Bonchev–Trinajstić information content (AvgIpc) is 2.39. The third kappa shape index (κ3) is 2.86. The first-order chi connectivity index (χ1) is 8.20. The van der Waals surface area contributed by atoms with Crippen LogP contribution in [0.15, 0.2) is 24.3 Å². The summed E-state index contributed by atoms with van der Waals surface area (Å²) in [5.41, 5.74) is 2.53. The number of hydrogen-bond acceptors (Lipinski definition) is 2. The van der Waals surface area contributed by atoms with Crippen molar-refractivity contribution < 1.29 is 9.90 Å². The van der Waals surface area contributed by atoms with Gasteiger partial charge in [0.05, 0.1) is 0 Å². The summed E-state index contributed by atoms with van der Waals surface area (Å²) >= 11 is 0. The fourth-order valence-electron chi connectivity index (χ4n) is 2.42. The summed E-state index contributed by atoms with van der Waals surface area (Å²) in [6.45, 7) is 2.13. The van der Waals surface area contributed by atoms with Gasteiger partial charge >= 0.3 is 5.97 Å². The Morgan fingerprint density at radius 1 is 1.47 bits per heavy atom. The Hall–Kier alpha value is -1.35. The van der Waals surface area contributed by atoms with Gasteiger partial charge in [-0.05, 0) is 36.8 Å². The van der Waals surface area contributed by atoms with Gasteiger partial charge < -0.3 is 5.11 Å². The second kappa shape index (κ2) is 5.32. The van der Waals surface area contributed by atoms with Crippen molar-refractivity contribution in [1.29, 1.82) is 0 Å². The van der Waals surface area contributed by atoms with Gasteiger partial charge in [0.15, 0.2) is 0 Å². The number of hydrogen-bond donors (Lipinski definition) is 2. The number of benzene rings is 1. The van der Waals surface area contributed by atoms with Gasteiger partial charge in [-0.15, -0.1) is 0 Å². The maximum absolute atomic E-state index is 11.0. The quantitative estimate of drug-likeness (QED) is 0.843. The van der Waals surface area contributed by atoms with E-state index in [0.29, 0.717) is 0 Å². The SMILES string of the molecule is CCc1cccc(C2CCCC(C(=O)O)N2)c1. The van der Waals surface area contributed by atoms with Crippen LogP contribution in [0, 0.1) is 0 Å². The van der Waals surface area contributed by atoms with Crippen LogP contribution < -0.4 is 5.32 Å². The highest BCUT2D eigenvalue weighted by Gasteiger charge is 2.26. The van der Waals surface area contributed by atoms with Crippen LogP contribution in [0.3, 0.4) is 0 Å². The average molecular weight is 233 g/mol. The molecule has 92 valence electrons. The molecule has 0 amide bonds. The molecule has 1 aliphatic heterocycles. The minimum absolute atomic E-state index is 0.191. The molecule has 3 heteroatoms. The number of carboxylic acid groups (broad SMARTS) is 1. The van der Waals surface area contributed by atoms with Crippen LogP contribution in [-0.2, 0) is 11.2 Å². The summed E-state index contributed by atoms with van der Waals surface area (Å²) in [5, 5.41) is 12.3. The molecule has 0 aliphatic carbocycles. The number of aryl methyl sites for hydroxylation is 1. The molecule has 2 N–H and O–H groups in total. The van der Waals surface area contributed by atoms with E-state index in [0.717, 1.165) is 25.7 Å². The number of rotatable bonds is 3. The van der Waals surface area contributed by atoms with E-state index in [1.807, 2.05) is 0 Å². The molecule has 1 aromatic rings. The van der Waals surface area contributed by atoms with Crippen LogP contribution in [0.5, 0.6) is 0 Å². The van der Waals surface area contributed by atoms with Gasteiger partial charge in [0, 0.05) is 6.04 Å². The highest BCUT2D eigenvalue weighted by Crippen LogP contribution is 2.26. The maximum atomic E-state index is 11.0. The first-order valence-corrected chi connectivity index (χ1v) is 6.28. The van der Waals surface area contributed by atoms with E-state index in [2.05, 4.69) is 36.5 Å². The monoisotopic (exact) mass is 233 g/mol. The molecule has 0 radical (unpaired) electrons. The van der Waals surface area contributed by atoms with Gasteiger partial charge in [-0.2, -0.15) is 0 Å². The predicted molar refractivity (Wildman–Crippen MR) is 67.0 cm³/mol. The number of piperidine rings is 1. The Morgan fingerprint density at radius 3 is 3.00 bits per heavy atom. The maximum Gasteiger partial charge on any atom is 0.320 e. The highest BCUT2D eigenvalue weighted by molar-refractivity contribution is 5.73. The van der Waals surface area contributed by atoms with Crippen molar-refractivity contribution in [2.75, 3.05) is 0 Å². The molecule has 1 saturated heterocycles. The summed E-state index contributed by atoms with van der Waals surface area (Å²) in [5.74, 6) is -0.735. The zero-order valence-electron chi connectivity index (χ0n) is 10.1. The number of nitrogens with one attached hydrogen (secondary N) is 1. The van der Waals surface area contributed by atoms with Gasteiger partial charge in [-0.25, -0.2) is 0 Å². The van der Waals surface area contributed by atoms with Gasteiger partial charge in [0.25, 0.3) is 0 Å². The topological polar surface area (TPSA) is 49.3 Å². The Labute approximate surface area is 102 Å². The smallest absolute Gasteiger partial charge is 0.320 e. The van der Waals surface area contributed by atoms with E-state index < -0.39 is 5.97 Å². The van der Waals surface area contributed by atoms with Crippen molar-refractivity contribution in [1.82, 2.24) is 5.32 Å². The molecule has 2 atom stereocenters. The van der Waals surface area contributed by atoms with Gasteiger partial charge in [0.1, 0.15) is 6.04 Å². The van der Waals surface area contributed by atoms with Crippen molar-refractivity contribution >= 4 is 5.97 Å². The molecular formula is C14H19NO2. The van der Waals surface area contributed by atoms with Crippen molar-refractivity contribution in [3.05, 3.63) is 35.4 Å². The second-order valence-corrected chi connectivity index (χ2v) is 4.64. The number of carboxylic acids is 1. The molecule has 3 nitrogen and oxygen atoms in total. The standard InChI is InChI=1S/C14H19NO2/c1-2-10-5-3-6-11(9-10)12-7-4-8-13(15-12)14(16)17/h3,5-6,9,12-13,15H,2,4,7-8H2,1H3,(H,16,17). The zero-order chi connectivity index (χ0) is 12.3. The lowest BCUT2D eigenvalue weighted by atomic mass is 9.92. The third-order valence-electron chi connectivity index (χ3n) is 3.45. The van der Waals surface area contributed by atoms with E-state index in [-0.39, 0.29) is 12.1 Å². The lowest BCUT2D eigenvalue weighted by Gasteiger charge is -2.29. The second-order valence-electron chi connectivity index (χ2n) is 4.64. The van der Waals surface area contributed by atoms with E-state index in [4.69, 9.17) is 5.11 Å². The molecule has 17 heavy (non-hydrogen) atoms. The Balaban J connectivity index is 2.13. The van der Waals surface area contributed by atoms with Crippen molar-refractivity contribution in [3.8, 4) is 0 Å². The third-order valence-corrected chi connectivity index (χ3v) is 3.45. The van der Waals surface area contributed by atoms with Crippen LogP contribution in [0.2, 0.25) is 0 Å². The lowest BCUT2D eigenvalue weighted by molar-refractivity contribution is -0.140. The fraction of sp³-hybridized carbons (Fsp3) is 0.500. The predicted octanol–water partition coefficient (Wildman–Crippen LogP) is 2.52. The molecule has 2 unspecified atom stereocenters. The largest absolute Gasteiger partial charge is 0.480 e. The molecule has 0 aromatic heterocycles. The molecule has 1 aliphatic rings. The van der Waals surface area contributed by atoms with Crippen molar-refractivity contribution in [2.24, 2.45) is 0 Å². The molecule has 1 aromatic carbocycles. The normalized spacial score (nSPS) is 24.5. The van der Waals surface area contributed by atoms with Crippen LogP contribution in [-0.4, -0.2) is 17.1 Å². The van der Waals surface area contributed by atoms with E-state index in [1.54, 1.807) is 0 Å². The van der Waals surface area contributed by atoms with Crippen molar-refractivity contribution in [3.63, 3.8) is 0 Å². The summed E-state index contributed by atoms with van der Waals surface area (Å²) in [6, 6.07) is 8.24. The highest BCUT2D eigenvalue weighted by atomic mass is 16.4. The Bertz CT molecular complexity index is 403. The summed E-state index contributed by atoms with van der Waals surface area (Å²) < 4.78 is 0. The van der Waals surface area contributed by atoms with Crippen LogP contribution >= 0.6 is 0 Å². The van der Waals surface area contributed by atoms with E-state index >= 15 is 0 Å². The Kier molecular flexibility index (Phi) is 3.79. The lowest BCUT2D eigenvalue weighted by Crippen LogP contribution is -2.42. The fourth-order valence-corrected chi connectivity index (χ4v) is 2.42. The van der Waals surface area contributed by atoms with Crippen molar-refractivity contribution in [2.45, 2.75) is 44.7 Å². The van der Waals surface area contributed by atoms with Crippen LogP contribution in [0.1, 0.15) is 43.4 Å². The first-order valence-electron chi connectivity index (χ1n) is 6.28. The van der Waals surface area contributed by atoms with E-state index in [9.17, 15) is 4.79 Å². The molecule has 1 heterocycles. The van der Waals surface area contributed by atoms with Crippen LogP contribution in [0.4, 0.5) is 0 Å². The first kappa shape index (κ1) is 12.1. The Morgan fingerprint density at radius 2 is 2.29 bits per heavy atom. The molecule has 0 saturated carbocycles. The minimum atomic E-state index is -0.735. The molecule has 1 fully saturated rings. The minimum Gasteiger partial charge on any atom is -0.480 e. The van der Waals surface area contributed by atoms with E-state index in [1.165, 1.54) is 11.1 Å². The van der Waals surface area contributed by atoms with Gasteiger partial charge in [-0.1, -0.05) is 31.2 Å². The summed E-state index contributed by atoms with van der Waals surface area (Å²) in [6.07, 6.45) is 3.75. The van der Waals surface area contributed by atoms with Gasteiger partial charge in [0.2, 0.25) is 0 Å².